The molecule has 0 radical (unpaired) electrons. The second kappa shape index (κ2) is 10.5. The van der Waals surface area contributed by atoms with Gasteiger partial charge in [-0.1, -0.05) is 37.5 Å². The molecule has 1 amide bonds. The second-order valence-corrected chi connectivity index (χ2v) is 8.44. The number of fused-ring (bicyclic) bond motifs is 1. The Hall–Kier alpha value is -3.05. The Morgan fingerprint density at radius 2 is 1.66 bits per heavy atom. The predicted octanol–water partition coefficient (Wildman–Crippen LogP) is 5.90. The molecular weight excluding hydrogens is 401 g/mol. The Morgan fingerprint density at radius 3 is 2.47 bits per heavy atom. The van der Waals surface area contributed by atoms with E-state index in [1.165, 1.54) is 12.8 Å². The summed E-state index contributed by atoms with van der Waals surface area (Å²) in [5.74, 6) is -0.220. The number of aromatic nitrogens is 1. The minimum Gasteiger partial charge on any atom is -0.313 e. The fraction of sp³-hybridized carbons (Fsp3) is 0.333. The minimum absolute atomic E-state index is 0.0140. The lowest BCUT2D eigenvalue weighted by atomic mass is 9.99. The van der Waals surface area contributed by atoms with E-state index in [9.17, 15) is 9.18 Å². The molecule has 3 aromatic rings. The molecule has 166 valence electrons. The average molecular weight is 432 g/mol. The van der Waals surface area contributed by atoms with Crippen molar-refractivity contribution in [3.63, 3.8) is 0 Å². The summed E-state index contributed by atoms with van der Waals surface area (Å²) in [6, 6.07) is 15.0. The lowest BCUT2D eigenvalue weighted by molar-refractivity contribution is 0.0986. The SMILES string of the molecule is Cc1ccc(-c2ccc3c(c2)CNCCCCCCCN3C(=O)c2ccncc2)cc1F. The van der Waals surface area contributed by atoms with Crippen LogP contribution >= 0.6 is 0 Å². The molecule has 0 saturated heterocycles. The molecule has 0 atom stereocenters. The summed E-state index contributed by atoms with van der Waals surface area (Å²) >= 11 is 0. The van der Waals surface area contributed by atoms with Gasteiger partial charge >= 0.3 is 0 Å². The molecular formula is C27H30FN3O. The third-order valence-electron chi connectivity index (χ3n) is 6.10. The topological polar surface area (TPSA) is 45.2 Å². The van der Waals surface area contributed by atoms with Crippen LogP contribution < -0.4 is 10.2 Å². The van der Waals surface area contributed by atoms with Crippen LogP contribution in [0.3, 0.4) is 0 Å². The van der Waals surface area contributed by atoms with Crippen LogP contribution in [-0.4, -0.2) is 24.0 Å². The molecule has 2 aromatic carbocycles. The molecule has 1 N–H and O–H groups in total. The number of hydrogen-bond acceptors (Lipinski definition) is 3. The van der Waals surface area contributed by atoms with Crippen molar-refractivity contribution in [2.45, 2.75) is 45.6 Å². The van der Waals surface area contributed by atoms with Crippen LogP contribution in [0.15, 0.2) is 60.9 Å². The van der Waals surface area contributed by atoms with Gasteiger partial charge in [0.05, 0.1) is 0 Å². The first-order chi connectivity index (χ1) is 15.6. The summed E-state index contributed by atoms with van der Waals surface area (Å²) in [6.07, 6.45) is 8.91. The van der Waals surface area contributed by atoms with Gasteiger partial charge in [0.2, 0.25) is 0 Å². The maximum atomic E-state index is 14.2. The lowest BCUT2D eigenvalue weighted by Crippen LogP contribution is -2.33. The summed E-state index contributed by atoms with van der Waals surface area (Å²) in [5, 5.41) is 3.54. The van der Waals surface area contributed by atoms with Gasteiger partial charge in [-0.05, 0) is 78.9 Å². The lowest BCUT2D eigenvalue weighted by Gasteiger charge is -2.27. The van der Waals surface area contributed by atoms with Crippen LogP contribution in [0, 0.1) is 12.7 Å². The van der Waals surface area contributed by atoms with Crippen molar-refractivity contribution in [2.75, 3.05) is 18.0 Å². The van der Waals surface area contributed by atoms with Crippen molar-refractivity contribution in [1.29, 1.82) is 0 Å². The van der Waals surface area contributed by atoms with Crippen molar-refractivity contribution in [2.24, 2.45) is 0 Å². The largest absolute Gasteiger partial charge is 0.313 e. The van der Waals surface area contributed by atoms with Crippen LogP contribution in [-0.2, 0) is 6.54 Å². The third kappa shape index (κ3) is 5.22. The highest BCUT2D eigenvalue weighted by Crippen LogP contribution is 2.30. The molecule has 0 saturated carbocycles. The van der Waals surface area contributed by atoms with E-state index in [4.69, 9.17) is 0 Å². The van der Waals surface area contributed by atoms with E-state index in [0.29, 0.717) is 24.2 Å². The minimum atomic E-state index is -0.206. The number of hydrogen-bond donors (Lipinski definition) is 1. The van der Waals surface area contributed by atoms with Crippen LogP contribution in [0.5, 0.6) is 0 Å². The van der Waals surface area contributed by atoms with Crippen molar-refractivity contribution in [3.8, 4) is 11.1 Å². The number of rotatable bonds is 2. The van der Waals surface area contributed by atoms with Gasteiger partial charge in [-0.25, -0.2) is 4.39 Å². The van der Waals surface area contributed by atoms with Crippen LogP contribution in [0.25, 0.3) is 11.1 Å². The van der Waals surface area contributed by atoms with Crippen molar-refractivity contribution >= 4 is 11.6 Å². The number of halogens is 1. The first-order valence-corrected chi connectivity index (χ1v) is 11.5. The quantitative estimate of drug-likeness (QED) is 0.550. The summed E-state index contributed by atoms with van der Waals surface area (Å²) in [4.78, 5) is 19.4. The van der Waals surface area contributed by atoms with Gasteiger partial charge < -0.3 is 10.2 Å². The number of anilines is 1. The van der Waals surface area contributed by atoms with E-state index >= 15 is 0 Å². The molecule has 0 bridgehead atoms. The molecule has 4 nitrogen and oxygen atoms in total. The number of nitrogens with zero attached hydrogens (tertiary/aromatic N) is 2. The fourth-order valence-corrected chi connectivity index (χ4v) is 4.20. The van der Waals surface area contributed by atoms with Gasteiger partial charge in [0, 0.05) is 36.7 Å². The molecule has 1 aliphatic heterocycles. The maximum Gasteiger partial charge on any atom is 0.258 e. The number of benzene rings is 2. The number of nitrogens with one attached hydrogen (secondary N) is 1. The van der Waals surface area contributed by atoms with Gasteiger partial charge in [0.1, 0.15) is 5.82 Å². The number of carbonyl (C=O) groups excluding carboxylic acids is 1. The van der Waals surface area contributed by atoms with E-state index in [-0.39, 0.29) is 11.7 Å². The highest BCUT2D eigenvalue weighted by Gasteiger charge is 2.21. The first-order valence-electron chi connectivity index (χ1n) is 11.5. The summed E-state index contributed by atoms with van der Waals surface area (Å²) in [7, 11) is 0. The third-order valence-corrected chi connectivity index (χ3v) is 6.10. The molecule has 0 fully saturated rings. The fourth-order valence-electron chi connectivity index (χ4n) is 4.20. The zero-order valence-electron chi connectivity index (χ0n) is 18.6. The van der Waals surface area contributed by atoms with Gasteiger partial charge in [0.25, 0.3) is 5.91 Å². The Balaban J connectivity index is 1.74. The normalized spacial score (nSPS) is 15.4. The molecule has 2 heterocycles. The molecule has 5 heteroatoms. The number of carbonyl (C=O) groups is 1. The van der Waals surface area contributed by atoms with Crippen LogP contribution in [0.1, 0.15) is 53.6 Å². The van der Waals surface area contributed by atoms with Crippen molar-refractivity contribution < 1.29 is 9.18 Å². The standard InChI is InChI=1S/C27H30FN3O/c1-20-7-8-23(18-25(20)28)22-9-10-26-24(17-22)19-30-13-5-3-2-4-6-16-31(26)27(32)21-11-14-29-15-12-21/h7-12,14-15,17-18,30H,2-6,13,16,19H2,1H3. The van der Waals surface area contributed by atoms with Gasteiger partial charge in [-0.3, -0.25) is 9.78 Å². The molecule has 1 aliphatic rings. The van der Waals surface area contributed by atoms with Gasteiger partial charge in [-0.15, -0.1) is 0 Å². The molecule has 0 aliphatic carbocycles. The van der Waals surface area contributed by atoms with Gasteiger partial charge in [0.15, 0.2) is 0 Å². The zero-order valence-corrected chi connectivity index (χ0v) is 18.6. The molecule has 4 rings (SSSR count). The monoisotopic (exact) mass is 431 g/mol. The summed E-state index contributed by atoms with van der Waals surface area (Å²) < 4.78 is 14.2. The van der Waals surface area contributed by atoms with Gasteiger partial charge in [-0.2, -0.15) is 0 Å². The smallest absolute Gasteiger partial charge is 0.258 e. The summed E-state index contributed by atoms with van der Waals surface area (Å²) in [6.45, 7) is 4.05. The first kappa shape index (κ1) is 22.2. The van der Waals surface area contributed by atoms with E-state index in [0.717, 1.165) is 48.2 Å². The highest BCUT2D eigenvalue weighted by molar-refractivity contribution is 6.06. The average Bonchev–Trinajstić information content (AvgIpc) is 2.81. The number of amides is 1. The Morgan fingerprint density at radius 1 is 0.938 bits per heavy atom. The second-order valence-electron chi connectivity index (χ2n) is 8.44. The zero-order chi connectivity index (χ0) is 22.3. The predicted molar refractivity (Wildman–Crippen MR) is 127 cm³/mol. The molecule has 0 unspecified atom stereocenters. The number of aryl methyl sites for hydroxylation is 1. The maximum absolute atomic E-state index is 14.2. The van der Waals surface area contributed by atoms with E-state index in [2.05, 4.69) is 16.4 Å². The number of pyridine rings is 1. The molecule has 1 aromatic heterocycles. The van der Waals surface area contributed by atoms with Crippen molar-refractivity contribution in [1.82, 2.24) is 10.3 Å². The van der Waals surface area contributed by atoms with E-state index in [1.54, 1.807) is 37.5 Å². The Labute approximate surface area is 189 Å². The molecule has 32 heavy (non-hydrogen) atoms. The Bertz CT molecular complexity index is 1070. The highest BCUT2D eigenvalue weighted by atomic mass is 19.1. The molecule has 0 spiro atoms. The van der Waals surface area contributed by atoms with Crippen molar-refractivity contribution in [3.05, 3.63) is 83.4 Å². The van der Waals surface area contributed by atoms with Crippen LogP contribution in [0.2, 0.25) is 0 Å². The summed E-state index contributed by atoms with van der Waals surface area (Å²) in [5.41, 5.74) is 5.02. The van der Waals surface area contributed by atoms with E-state index < -0.39 is 0 Å². The van der Waals surface area contributed by atoms with Crippen LogP contribution in [0.4, 0.5) is 10.1 Å². The Kier molecular flexibility index (Phi) is 7.28. The van der Waals surface area contributed by atoms with E-state index in [1.807, 2.05) is 29.2 Å².